The number of nitrogens with one attached hydrogen (secondary N) is 1. The van der Waals surface area contributed by atoms with Crippen LogP contribution in [0.25, 0.3) is 6.08 Å². The first-order valence-corrected chi connectivity index (χ1v) is 14.8. The minimum atomic E-state index is -0.620. The number of nitrogens with zero attached hydrogens (tertiary/aromatic N) is 2. The van der Waals surface area contributed by atoms with Crippen LogP contribution in [0.4, 0.5) is 8.78 Å². The largest absolute Gasteiger partial charge is 0.493 e. The van der Waals surface area contributed by atoms with E-state index in [0.717, 1.165) is 37.6 Å². The highest BCUT2D eigenvalue weighted by molar-refractivity contribution is 5.95. The van der Waals surface area contributed by atoms with Crippen molar-refractivity contribution in [2.45, 2.75) is 71.0 Å². The molecule has 1 saturated heterocycles. The lowest BCUT2D eigenvalue weighted by Crippen LogP contribution is -2.45. The molecule has 1 aliphatic heterocycles. The van der Waals surface area contributed by atoms with Crippen LogP contribution < -0.4 is 14.8 Å². The van der Waals surface area contributed by atoms with E-state index in [9.17, 15) is 13.6 Å². The molecular weight excluding hydrogens is 524 g/mol. The first-order chi connectivity index (χ1) is 19.7. The minimum absolute atomic E-state index is 0.118. The summed E-state index contributed by atoms with van der Waals surface area (Å²) in [5.41, 5.74) is 1.62. The van der Waals surface area contributed by atoms with Gasteiger partial charge in [0, 0.05) is 55.0 Å². The lowest BCUT2D eigenvalue weighted by atomic mass is 10.1. The van der Waals surface area contributed by atoms with Gasteiger partial charge in [0.1, 0.15) is 11.6 Å². The zero-order chi connectivity index (χ0) is 29.5. The molecule has 1 aliphatic carbocycles. The molecule has 4 rings (SSSR count). The molecule has 2 aromatic carbocycles. The molecule has 2 aromatic rings. The first kappa shape index (κ1) is 31.0. The number of halogens is 2. The van der Waals surface area contributed by atoms with Gasteiger partial charge in [-0.1, -0.05) is 25.5 Å². The molecule has 224 valence electrons. The predicted octanol–water partition coefficient (Wildman–Crippen LogP) is 6.16. The van der Waals surface area contributed by atoms with Gasteiger partial charge in [0.05, 0.1) is 14.2 Å². The van der Waals surface area contributed by atoms with E-state index in [4.69, 9.17) is 9.47 Å². The molecule has 0 spiro atoms. The highest BCUT2D eigenvalue weighted by Gasteiger charge is 2.33. The van der Waals surface area contributed by atoms with E-state index < -0.39 is 11.6 Å². The van der Waals surface area contributed by atoms with Gasteiger partial charge >= 0.3 is 0 Å². The van der Waals surface area contributed by atoms with Crippen LogP contribution in [-0.4, -0.2) is 74.2 Å². The Hall–Kier alpha value is -2.97. The van der Waals surface area contributed by atoms with Gasteiger partial charge in [-0.2, -0.15) is 0 Å². The summed E-state index contributed by atoms with van der Waals surface area (Å²) in [5, 5.41) is 3.69. The predicted molar refractivity (Wildman–Crippen MR) is 159 cm³/mol. The summed E-state index contributed by atoms with van der Waals surface area (Å²) in [6.07, 6.45) is 7.48. The topological polar surface area (TPSA) is 54.0 Å². The van der Waals surface area contributed by atoms with Crippen LogP contribution in [0, 0.1) is 17.6 Å². The summed E-state index contributed by atoms with van der Waals surface area (Å²) >= 11 is 0. The van der Waals surface area contributed by atoms with E-state index in [2.05, 4.69) is 24.1 Å². The number of benzene rings is 2. The second-order valence-corrected chi connectivity index (χ2v) is 11.9. The smallest absolute Gasteiger partial charge is 0.254 e. The monoisotopic (exact) mass is 569 g/mol. The molecule has 1 amide bonds. The zero-order valence-corrected chi connectivity index (χ0v) is 25.1. The Morgan fingerprint density at radius 3 is 2.59 bits per heavy atom. The Kier molecular flexibility index (Phi) is 10.8. The Bertz CT molecular complexity index is 1220. The van der Waals surface area contributed by atoms with Crippen molar-refractivity contribution in [1.82, 2.24) is 15.1 Å². The number of rotatable bonds is 12. The molecule has 3 atom stereocenters. The normalized spacial score (nSPS) is 21.5. The summed E-state index contributed by atoms with van der Waals surface area (Å²) in [7, 11) is 3.11. The number of likely N-dealkylation sites (tertiary alicyclic amines) is 1. The highest BCUT2D eigenvalue weighted by atomic mass is 19.1. The van der Waals surface area contributed by atoms with Crippen molar-refractivity contribution >= 4 is 12.0 Å². The van der Waals surface area contributed by atoms with Gasteiger partial charge in [0.15, 0.2) is 11.5 Å². The lowest BCUT2D eigenvalue weighted by molar-refractivity contribution is 0.0714. The standard InChI is InChI=1S/C33H45F2N3O3/c1-22(2)36-28-12-8-24(16-28)20-37-14-6-7-29(37)21-38(19-23(3)15-25-9-11-27(34)18-30(25)35)33(39)26-10-13-31(40-4)32(17-26)41-5/h9-11,13,15,17-18,22,24,28-29,36H,6-8,12,14,16,19-21H2,1-5H3/t24-,28+,29-/m0/s1. The van der Waals surface area contributed by atoms with Gasteiger partial charge in [-0.15, -0.1) is 0 Å². The fourth-order valence-corrected chi connectivity index (χ4v) is 6.39. The van der Waals surface area contributed by atoms with Gasteiger partial charge in [0.2, 0.25) is 0 Å². The van der Waals surface area contributed by atoms with Crippen molar-refractivity contribution < 1.29 is 23.0 Å². The van der Waals surface area contributed by atoms with Crippen LogP contribution in [0.3, 0.4) is 0 Å². The van der Waals surface area contributed by atoms with Crippen molar-refractivity contribution in [2.24, 2.45) is 5.92 Å². The molecule has 0 radical (unpaired) electrons. The van der Waals surface area contributed by atoms with Crippen LogP contribution in [-0.2, 0) is 0 Å². The molecule has 6 nitrogen and oxygen atoms in total. The molecule has 1 heterocycles. The van der Waals surface area contributed by atoms with Crippen molar-refractivity contribution in [3.63, 3.8) is 0 Å². The molecule has 0 unspecified atom stereocenters. The third-order valence-electron chi connectivity index (χ3n) is 8.26. The van der Waals surface area contributed by atoms with E-state index in [-0.39, 0.29) is 11.9 Å². The molecule has 41 heavy (non-hydrogen) atoms. The van der Waals surface area contributed by atoms with E-state index >= 15 is 0 Å². The molecule has 1 N–H and O–H groups in total. The Morgan fingerprint density at radius 1 is 1.10 bits per heavy atom. The van der Waals surface area contributed by atoms with Crippen molar-refractivity contribution in [3.8, 4) is 11.5 Å². The van der Waals surface area contributed by atoms with Crippen LogP contribution in [0.1, 0.15) is 68.8 Å². The maximum absolute atomic E-state index is 14.4. The second kappa shape index (κ2) is 14.3. The molecule has 0 bridgehead atoms. The number of methoxy groups -OCH3 is 2. The Balaban J connectivity index is 1.53. The third kappa shape index (κ3) is 8.29. The number of hydrogen-bond donors (Lipinski definition) is 1. The number of carbonyl (C=O) groups excluding carboxylic acids is 1. The average molecular weight is 570 g/mol. The fraction of sp³-hybridized carbons (Fsp3) is 0.545. The van der Waals surface area contributed by atoms with Crippen molar-refractivity contribution in [3.05, 3.63) is 64.7 Å². The van der Waals surface area contributed by atoms with Crippen LogP contribution in [0.5, 0.6) is 11.5 Å². The summed E-state index contributed by atoms with van der Waals surface area (Å²) in [6, 6.07) is 10.1. The maximum atomic E-state index is 14.4. The summed E-state index contributed by atoms with van der Waals surface area (Å²) in [6.45, 7) is 9.28. The molecule has 2 aliphatic rings. The SMILES string of the molecule is COc1ccc(C(=O)N(CC(C)=Cc2ccc(F)cc2F)C[C@@H]2CCCN2C[C@H]2CC[C@@H](NC(C)C)C2)cc1OC. The van der Waals surface area contributed by atoms with Crippen LogP contribution in [0.15, 0.2) is 42.0 Å². The summed E-state index contributed by atoms with van der Waals surface area (Å²) in [5.74, 6) is 0.356. The quantitative estimate of drug-likeness (QED) is 0.332. The molecule has 8 heteroatoms. The van der Waals surface area contributed by atoms with Crippen LogP contribution in [0.2, 0.25) is 0 Å². The Morgan fingerprint density at radius 2 is 1.88 bits per heavy atom. The summed E-state index contributed by atoms with van der Waals surface area (Å²) in [4.78, 5) is 18.4. The van der Waals surface area contributed by atoms with Gasteiger partial charge in [-0.3, -0.25) is 9.69 Å². The maximum Gasteiger partial charge on any atom is 0.254 e. The number of amides is 1. The number of ether oxygens (including phenoxy) is 2. The zero-order valence-electron chi connectivity index (χ0n) is 25.1. The van der Waals surface area contributed by atoms with E-state index in [1.165, 1.54) is 31.4 Å². The first-order valence-electron chi connectivity index (χ1n) is 14.8. The lowest BCUT2D eigenvalue weighted by Gasteiger charge is -2.33. The van der Waals surface area contributed by atoms with Crippen molar-refractivity contribution in [2.75, 3.05) is 40.4 Å². The average Bonchev–Trinajstić information content (AvgIpc) is 3.57. The number of hydrogen-bond acceptors (Lipinski definition) is 5. The fourth-order valence-electron chi connectivity index (χ4n) is 6.39. The van der Waals surface area contributed by atoms with E-state index in [1.54, 1.807) is 38.5 Å². The van der Waals surface area contributed by atoms with Crippen molar-refractivity contribution in [1.29, 1.82) is 0 Å². The van der Waals surface area contributed by atoms with E-state index in [0.29, 0.717) is 53.7 Å². The second-order valence-electron chi connectivity index (χ2n) is 11.9. The van der Waals surface area contributed by atoms with Gasteiger partial charge in [0.25, 0.3) is 5.91 Å². The molecule has 1 saturated carbocycles. The van der Waals surface area contributed by atoms with Gasteiger partial charge in [-0.05, 0) is 81.8 Å². The Labute approximate surface area is 243 Å². The highest BCUT2D eigenvalue weighted by Crippen LogP contribution is 2.31. The molecule has 2 fully saturated rings. The minimum Gasteiger partial charge on any atom is -0.493 e. The molecular formula is C33H45F2N3O3. The number of carbonyl (C=O) groups is 1. The van der Waals surface area contributed by atoms with Gasteiger partial charge < -0.3 is 19.7 Å². The summed E-state index contributed by atoms with van der Waals surface area (Å²) < 4.78 is 38.7. The third-order valence-corrected chi connectivity index (χ3v) is 8.26. The van der Waals surface area contributed by atoms with Crippen LogP contribution >= 0.6 is 0 Å². The van der Waals surface area contributed by atoms with Gasteiger partial charge in [-0.25, -0.2) is 8.78 Å². The van der Waals surface area contributed by atoms with E-state index in [1.807, 2.05) is 11.8 Å². The molecule has 0 aromatic heterocycles.